The number of carbonyl (C=O) groups is 1. The third kappa shape index (κ3) is 4.20. The molecule has 0 aliphatic carbocycles. The predicted octanol–water partition coefficient (Wildman–Crippen LogP) is 4.23. The van der Waals surface area contributed by atoms with E-state index in [2.05, 4.69) is 10.4 Å². The van der Waals surface area contributed by atoms with Gasteiger partial charge in [0.2, 0.25) is 5.91 Å². The Bertz CT molecular complexity index is 954. The molecular weight excluding hydrogens is 368 g/mol. The maximum atomic E-state index is 12.4. The monoisotopic (exact) mass is 386 g/mol. The first kappa shape index (κ1) is 18.4. The van der Waals surface area contributed by atoms with Gasteiger partial charge in [0, 0.05) is 34.4 Å². The number of nitrogens with two attached hydrogens (primary N) is 1. The molecule has 0 aliphatic heterocycles. The van der Waals surface area contributed by atoms with Gasteiger partial charge in [0.15, 0.2) is 5.82 Å². The quantitative estimate of drug-likeness (QED) is 0.644. The van der Waals surface area contributed by atoms with Gasteiger partial charge in [-0.3, -0.25) is 9.48 Å². The lowest BCUT2D eigenvalue weighted by Crippen LogP contribution is -2.14. The molecule has 0 saturated carbocycles. The zero-order chi connectivity index (χ0) is 18.7. The van der Waals surface area contributed by atoms with Crippen molar-refractivity contribution >= 4 is 40.8 Å². The molecule has 7 heteroatoms. The fourth-order valence-electron chi connectivity index (χ4n) is 2.69. The maximum absolute atomic E-state index is 12.4. The zero-order valence-electron chi connectivity index (χ0n) is 14.5. The highest BCUT2D eigenvalue weighted by molar-refractivity contribution is 7.98. The molecule has 26 heavy (non-hydrogen) atoms. The minimum atomic E-state index is -0.124. The average molecular weight is 387 g/mol. The Morgan fingerprint density at radius 3 is 2.73 bits per heavy atom. The van der Waals surface area contributed by atoms with Crippen LogP contribution in [0.1, 0.15) is 5.56 Å². The van der Waals surface area contributed by atoms with Gasteiger partial charge < -0.3 is 11.1 Å². The Morgan fingerprint density at radius 2 is 2.08 bits per heavy atom. The number of aromatic nitrogens is 2. The smallest absolute Gasteiger partial charge is 0.228 e. The number of carbonyl (C=O) groups excluding carboxylic acids is 1. The van der Waals surface area contributed by atoms with Crippen molar-refractivity contribution in [1.29, 1.82) is 0 Å². The number of amides is 1. The molecule has 3 N–H and O–H groups in total. The Morgan fingerprint density at radius 1 is 1.31 bits per heavy atom. The fraction of sp³-hybridized carbons (Fsp3) is 0.158. The van der Waals surface area contributed by atoms with E-state index in [1.54, 1.807) is 22.5 Å². The Hall–Kier alpha value is -2.44. The summed E-state index contributed by atoms with van der Waals surface area (Å²) in [6.07, 6.45) is 4.07. The van der Waals surface area contributed by atoms with Crippen molar-refractivity contribution in [1.82, 2.24) is 9.78 Å². The van der Waals surface area contributed by atoms with Crippen LogP contribution in [0, 0.1) is 0 Å². The second-order valence-corrected chi connectivity index (χ2v) is 7.16. The van der Waals surface area contributed by atoms with E-state index < -0.39 is 0 Å². The Labute approximate surface area is 161 Å². The van der Waals surface area contributed by atoms with Gasteiger partial charge in [-0.25, -0.2) is 0 Å². The number of rotatable bonds is 5. The Kier molecular flexibility index (Phi) is 5.54. The molecule has 0 spiro atoms. The minimum Gasteiger partial charge on any atom is -0.382 e. The molecule has 0 fully saturated rings. The van der Waals surface area contributed by atoms with Crippen molar-refractivity contribution in [2.24, 2.45) is 7.05 Å². The SMILES string of the molecule is CSc1cc(NC(=O)Cc2ccccc2Cl)cc(-c2cn(C)nc2N)c1. The summed E-state index contributed by atoms with van der Waals surface area (Å²) in [6.45, 7) is 0. The molecule has 0 aliphatic rings. The number of nitrogens with one attached hydrogen (secondary N) is 1. The number of hydrogen-bond acceptors (Lipinski definition) is 4. The highest BCUT2D eigenvalue weighted by Crippen LogP contribution is 2.31. The van der Waals surface area contributed by atoms with E-state index in [0.29, 0.717) is 16.5 Å². The van der Waals surface area contributed by atoms with Crippen molar-refractivity contribution < 1.29 is 4.79 Å². The van der Waals surface area contributed by atoms with Gasteiger partial charge in [-0.05, 0) is 41.6 Å². The number of halogens is 1. The van der Waals surface area contributed by atoms with E-state index in [9.17, 15) is 4.79 Å². The zero-order valence-corrected chi connectivity index (χ0v) is 16.1. The first-order valence-corrected chi connectivity index (χ1v) is 9.58. The van der Waals surface area contributed by atoms with Crippen LogP contribution >= 0.6 is 23.4 Å². The number of aryl methyl sites for hydroxylation is 1. The highest BCUT2D eigenvalue weighted by Gasteiger charge is 2.12. The van der Waals surface area contributed by atoms with Crippen molar-refractivity contribution in [2.45, 2.75) is 11.3 Å². The van der Waals surface area contributed by atoms with Crippen LogP contribution in [0.4, 0.5) is 11.5 Å². The van der Waals surface area contributed by atoms with Crippen LogP contribution in [0.5, 0.6) is 0 Å². The molecule has 1 amide bonds. The van der Waals surface area contributed by atoms with Crippen molar-refractivity contribution in [2.75, 3.05) is 17.3 Å². The van der Waals surface area contributed by atoms with Gasteiger partial charge >= 0.3 is 0 Å². The molecule has 0 atom stereocenters. The summed E-state index contributed by atoms with van der Waals surface area (Å²) in [4.78, 5) is 13.5. The number of nitrogen functional groups attached to an aromatic ring is 1. The van der Waals surface area contributed by atoms with Crippen LogP contribution in [0.3, 0.4) is 0 Å². The molecule has 0 radical (unpaired) electrons. The second kappa shape index (κ2) is 7.85. The molecule has 0 bridgehead atoms. The third-order valence-electron chi connectivity index (χ3n) is 3.90. The van der Waals surface area contributed by atoms with E-state index in [4.69, 9.17) is 17.3 Å². The van der Waals surface area contributed by atoms with Gasteiger partial charge in [0.05, 0.1) is 6.42 Å². The van der Waals surface area contributed by atoms with Gasteiger partial charge in [0.25, 0.3) is 0 Å². The number of thioether (sulfide) groups is 1. The summed E-state index contributed by atoms with van der Waals surface area (Å²) >= 11 is 7.74. The molecule has 1 aromatic heterocycles. The number of hydrogen-bond donors (Lipinski definition) is 2. The summed E-state index contributed by atoms with van der Waals surface area (Å²) in [5.74, 6) is 0.334. The van der Waals surface area contributed by atoms with Crippen LogP contribution in [0.15, 0.2) is 53.6 Å². The van der Waals surface area contributed by atoms with Crippen LogP contribution in [-0.4, -0.2) is 21.9 Å². The topological polar surface area (TPSA) is 72.9 Å². The van der Waals surface area contributed by atoms with Gasteiger partial charge in [-0.15, -0.1) is 11.8 Å². The van der Waals surface area contributed by atoms with Crippen LogP contribution in [-0.2, 0) is 18.3 Å². The summed E-state index contributed by atoms with van der Waals surface area (Å²) in [7, 11) is 1.82. The lowest BCUT2D eigenvalue weighted by atomic mass is 10.1. The maximum Gasteiger partial charge on any atom is 0.228 e. The van der Waals surface area contributed by atoms with Crippen LogP contribution < -0.4 is 11.1 Å². The lowest BCUT2D eigenvalue weighted by molar-refractivity contribution is -0.115. The largest absolute Gasteiger partial charge is 0.382 e. The summed E-state index contributed by atoms with van der Waals surface area (Å²) in [5, 5.41) is 7.72. The summed E-state index contributed by atoms with van der Waals surface area (Å²) < 4.78 is 1.67. The first-order chi connectivity index (χ1) is 12.5. The lowest BCUT2D eigenvalue weighted by Gasteiger charge is -2.10. The molecule has 3 rings (SSSR count). The molecule has 134 valence electrons. The number of benzene rings is 2. The van der Waals surface area contributed by atoms with E-state index in [1.807, 2.05) is 55.9 Å². The van der Waals surface area contributed by atoms with Crippen molar-refractivity contribution in [3.05, 3.63) is 59.2 Å². The van der Waals surface area contributed by atoms with E-state index >= 15 is 0 Å². The fourth-order valence-corrected chi connectivity index (χ4v) is 3.38. The van der Waals surface area contributed by atoms with Crippen molar-refractivity contribution in [3.8, 4) is 11.1 Å². The van der Waals surface area contributed by atoms with Crippen LogP contribution in [0.25, 0.3) is 11.1 Å². The molecule has 0 unspecified atom stereocenters. The molecule has 5 nitrogen and oxygen atoms in total. The molecule has 1 heterocycles. The first-order valence-electron chi connectivity index (χ1n) is 7.98. The number of nitrogens with zero attached hydrogens (tertiary/aromatic N) is 2. The standard InChI is InChI=1S/C19H19ClN4OS/c1-24-11-16(19(21)23-24)13-7-14(10-15(8-13)26-2)22-18(25)9-12-5-3-4-6-17(12)20/h3-8,10-11H,9H2,1-2H3,(H2,21,23)(H,22,25). The third-order valence-corrected chi connectivity index (χ3v) is 4.98. The number of anilines is 2. The summed E-state index contributed by atoms with van der Waals surface area (Å²) in [5.41, 5.74) is 9.26. The predicted molar refractivity (Wildman–Crippen MR) is 109 cm³/mol. The van der Waals surface area contributed by atoms with Gasteiger partial charge in [-0.2, -0.15) is 5.10 Å². The van der Waals surface area contributed by atoms with Gasteiger partial charge in [-0.1, -0.05) is 29.8 Å². The minimum absolute atomic E-state index is 0.124. The second-order valence-electron chi connectivity index (χ2n) is 5.87. The Balaban J connectivity index is 1.85. The van der Waals surface area contributed by atoms with E-state index in [1.165, 1.54) is 0 Å². The molecule has 2 aromatic carbocycles. The average Bonchev–Trinajstić information content (AvgIpc) is 2.95. The molecular formula is C19H19ClN4OS. The highest BCUT2D eigenvalue weighted by atomic mass is 35.5. The van der Waals surface area contributed by atoms with E-state index in [0.717, 1.165) is 21.6 Å². The summed E-state index contributed by atoms with van der Waals surface area (Å²) in [6, 6.07) is 13.2. The normalized spacial score (nSPS) is 10.7. The molecule has 0 saturated heterocycles. The van der Waals surface area contributed by atoms with Crippen molar-refractivity contribution in [3.63, 3.8) is 0 Å². The van der Waals surface area contributed by atoms with E-state index in [-0.39, 0.29) is 12.3 Å². The molecule has 3 aromatic rings. The van der Waals surface area contributed by atoms with Crippen LogP contribution in [0.2, 0.25) is 5.02 Å². The van der Waals surface area contributed by atoms with Gasteiger partial charge in [0.1, 0.15) is 0 Å².